The summed E-state index contributed by atoms with van der Waals surface area (Å²) in [5.74, 6) is -0.846. The number of carbonyl (C=O) groups excluding carboxylic acids is 2. The van der Waals surface area contributed by atoms with E-state index >= 15 is 0 Å². The number of carbonyl (C=O) groups is 2. The molecule has 0 bridgehead atoms. The number of nitrogens with zero attached hydrogens (tertiary/aromatic N) is 2. The van der Waals surface area contributed by atoms with Gasteiger partial charge < -0.3 is 5.32 Å². The first-order chi connectivity index (χ1) is 17.0. The summed E-state index contributed by atoms with van der Waals surface area (Å²) in [5, 5.41) is 7.18. The van der Waals surface area contributed by atoms with Crippen LogP contribution in [0.1, 0.15) is 30.5 Å². The smallest absolute Gasteiger partial charge is 0.264 e. The number of sulfonamides is 1. The Kier molecular flexibility index (Phi) is 8.49. The predicted octanol–water partition coefficient (Wildman–Crippen LogP) is 4.65. The molecule has 0 fully saturated rings. The molecular formula is C26H27ClN4O4S. The number of aryl methyl sites for hydroxylation is 2. The van der Waals surface area contributed by atoms with Crippen LogP contribution in [-0.2, 0) is 19.6 Å². The van der Waals surface area contributed by atoms with Crippen molar-refractivity contribution in [2.24, 2.45) is 5.10 Å². The fraction of sp³-hybridized carbons (Fsp3) is 0.192. The molecule has 0 aliphatic rings. The Morgan fingerprint density at radius 1 is 0.972 bits per heavy atom. The van der Waals surface area contributed by atoms with Gasteiger partial charge in [0.15, 0.2) is 0 Å². The first-order valence-corrected chi connectivity index (χ1v) is 12.9. The SMILES string of the molecule is CC(=O)Nc1cccc(/C(C)=N\NC(=O)CN(c2ccc(C)c(Cl)c2)S(=O)(=O)c2ccc(C)cc2)c1. The van der Waals surface area contributed by atoms with Crippen LogP contribution in [0.3, 0.4) is 0 Å². The van der Waals surface area contributed by atoms with Crippen LogP contribution in [0.25, 0.3) is 0 Å². The van der Waals surface area contributed by atoms with Crippen molar-refractivity contribution in [2.75, 3.05) is 16.2 Å². The normalized spacial score (nSPS) is 11.6. The van der Waals surface area contributed by atoms with Crippen LogP contribution in [0.15, 0.2) is 76.7 Å². The van der Waals surface area contributed by atoms with Gasteiger partial charge in [-0.3, -0.25) is 13.9 Å². The summed E-state index contributed by atoms with van der Waals surface area (Å²) < 4.78 is 28.0. The maximum Gasteiger partial charge on any atom is 0.264 e. The van der Waals surface area contributed by atoms with E-state index in [9.17, 15) is 18.0 Å². The molecule has 8 nitrogen and oxygen atoms in total. The summed E-state index contributed by atoms with van der Waals surface area (Å²) in [7, 11) is -4.08. The van der Waals surface area contributed by atoms with Gasteiger partial charge in [0.25, 0.3) is 15.9 Å². The third-order valence-corrected chi connectivity index (χ3v) is 7.48. The standard InChI is InChI=1S/C26H27ClN4O4S/c1-17-8-12-24(13-9-17)36(34,35)31(23-11-10-18(2)25(27)15-23)16-26(33)30-29-19(3)21-6-5-7-22(14-21)28-20(4)32/h5-15H,16H2,1-4H3,(H,28,32)(H,30,33)/b29-19-. The topological polar surface area (TPSA) is 108 Å². The first-order valence-electron chi connectivity index (χ1n) is 11.0. The maximum absolute atomic E-state index is 13.5. The number of hydrogen-bond donors (Lipinski definition) is 2. The number of nitrogens with one attached hydrogen (secondary N) is 2. The molecule has 3 aromatic rings. The second-order valence-electron chi connectivity index (χ2n) is 8.25. The van der Waals surface area contributed by atoms with Gasteiger partial charge >= 0.3 is 0 Å². The predicted molar refractivity (Wildman–Crippen MR) is 143 cm³/mol. The third-order valence-electron chi connectivity index (χ3n) is 5.29. The number of hydrazone groups is 1. The van der Waals surface area contributed by atoms with Crippen molar-refractivity contribution >= 4 is 50.5 Å². The zero-order valence-electron chi connectivity index (χ0n) is 20.4. The summed E-state index contributed by atoms with van der Waals surface area (Å²) in [6, 6.07) is 18.2. The van der Waals surface area contributed by atoms with E-state index in [0.29, 0.717) is 22.0 Å². The highest BCUT2D eigenvalue weighted by atomic mass is 35.5. The van der Waals surface area contributed by atoms with Gasteiger partial charge in [0.2, 0.25) is 5.91 Å². The van der Waals surface area contributed by atoms with E-state index in [1.165, 1.54) is 25.1 Å². The van der Waals surface area contributed by atoms with Gasteiger partial charge in [-0.25, -0.2) is 13.8 Å². The van der Waals surface area contributed by atoms with Crippen molar-refractivity contribution < 1.29 is 18.0 Å². The van der Waals surface area contributed by atoms with E-state index in [1.54, 1.807) is 62.4 Å². The summed E-state index contributed by atoms with van der Waals surface area (Å²) in [6.45, 7) is 6.24. The lowest BCUT2D eigenvalue weighted by atomic mass is 10.1. The zero-order chi connectivity index (χ0) is 26.5. The van der Waals surface area contributed by atoms with Crippen LogP contribution in [0.5, 0.6) is 0 Å². The van der Waals surface area contributed by atoms with Crippen molar-refractivity contribution in [2.45, 2.75) is 32.6 Å². The number of amides is 2. The van der Waals surface area contributed by atoms with E-state index in [0.717, 1.165) is 15.4 Å². The lowest BCUT2D eigenvalue weighted by molar-refractivity contribution is -0.119. The molecule has 0 saturated heterocycles. The lowest BCUT2D eigenvalue weighted by Gasteiger charge is -2.24. The fourth-order valence-electron chi connectivity index (χ4n) is 3.29. The minimum atomic E-state index is -4.08. The highest BCUT2D eigenvalue weighted by Crippen LogP contribution is 2.28. The molecule has 0 unspecified atom stereocenters. The molecule has 0 heterocycles. The Labute approximate surface area is 216 Å². The molecule has 2 N–H and O–H groups in total. The second kappa shape index (κ2) is 11.4. The Morgan fingerprint density at radius 2 is 1.67 bits per heavy atom. The second-order valence-corrected chi connectivity index (χ2v) is 10.5. The average Bonchev–Trinajstić information content (AvgIpc) is 2.82. The molecule has 3 rings (SSSR count). The monoisotopic (exact) mass is 526 g/mol. The Bertz CT molecular complexity index is 1420. The lowest BCUT2D eigenvalue weighted by Crippen LogP contribution is -2.39. The Morgan fingerprint density at radius 3 is 2.31 bits per heavy atom. The summed E-state index contributed by atoms with van der Waals surface area (Å²) in [5.41, 5.74) is 6.10. The molecule has 188 valence electrons. The van der Waals surface area contributed by atoms with Crippen LogP contribution in [0.4, 0.5) is 11.4 Å². The maximum atomic E-state index is 13.5. The third kappa shape index (κ3) is 6.71. The molecule has 0 saturated carbocycles. The van der Waals surface area contributed by atoms with Crippen molar-refractivity contribution in [3.05, 3.63) is 88.4 Å². The highest BCUT2D eigenvalue weighted by Gasteiger charge is 2.27. The molecule has 0 aromatic heterocycles. The molecule has 0 radical (unpaired) electrons. The van der Waals surface area contributed by atoms with Gasteiger partial charge in [-0.2, -0.15) is 5.10 Å². The van der Waals surface area contributed by atoms with Gasteiger partial charge in [-0.05, 0) is 68.3 Å². The molecule has 0 atom stereocenters. The van der Waals surface area contributed by atoms with Crippen LogP contribution in [0, 0.1) is 13.8 Å². The van der Waals surface area contributed by atoms with Crippen LogP contribution < -0.4 is 15.0 Å². The van der Waals surface area contributed by atoms with Crippen molar-refractivity contribution in [3.8, 4) is 0 Å². The van der Waals surface area contributed by atoms with Crippen LogP contribution in [0.2, 0.25) is 5.02 Å². The number of rotatable bonds is 8. The quantitative estimate of drug-likeness (QED) is 0.329. The van der Waals surface area contributed by atoms with Crippen LogP contribution in [-0.4, -0.2) is 32.5 Å². The van der Waals surface area contributed by atoms with Gasteiger partial charge in [0.05, 0.1) is 16.3 Å². The van der Waals surface area contributed by atoms with Crippen LogP contribution >= 0.6 is 11.6 Å². The Hall–Kier alpha value is -3.69. The largest absolute Gasteiger partial charge is 0.326 e. The fourth-order valence-corrected chi connectivity index (χ4v) is 4.88. The van der Waals surface area contributed by atoms with E-state index in [4.69, 9.17) is 11.6 Å². The first kappa shape index (κ1) is 26.9. The number of benzene rings is 3. The van der Waals surface area contributed by atoms with E-state index in [-0.39, 0.29) is 16.5 Å². The zero-order valence-corrected chi connectivity index (χ0v) is 21.9. The van der Waals surface area contributed by atoms with Crippen molar-refractivity contribution in [3.63, 3.8) is 0 Å². The molecule has 0 spiro atoms. The van der Waals surface area contributed by atoms with Crippen molar-refractivity contribution in [1.29, 1.82) is 0 Å². The van der Waals surface area contributed by atoms with E-state index < -0.39 is 22.5 Å². The molecule has 36 heavy (non-hydrogen) atoms. The highest BCUT2D eigenvalue weighted by molar-refractivity contribution is 7.92. The van der Waals surface area contributed by atoms with E-state index in [1.807, 2.05) is 6.92 Å². The van der Waals surface area contributed by atoms with Gasteiger partial charge in [-0.15, -0.1) is 0 Å². The molecule has 3 aromatic carbocycles. The summed E-state index contributed by atoms with van der Waals surface area (Å²) in [4.78, 5) is 24.2. The molecule has 10 heteroatoms. The van der Waals surface area contributed by atoms with Crippen molar-refractivity contribution in [1.82, 2.24) is 5.43 Å². The molecular weight excluding hydrogens is 500 g/mol. The molecule has 0 aliphatic carbocycles. The summed E-state index contributed by atoms with van der Waals surface area (Å²) in [6.07, 6.45) is 0. The minimum Gasteiger partial charge on any atom is -0.326 e. The van der Waals surface area contributed by atoms with E-state index in [2.05, 4.69) is 15.8 Å². The number of hydrogen-bond acceptors (Lipinski definition) is 5. The number of anilines is 2. The van der Waals surface area contributed by atoms with Gasteiger partial charge in [0, 0.05) is 17.6 Å². The van der Waals surface area contributed by atoms with Gasteiger partial charge in [0.1, 0.15) is 6.54 Å². The Balaban J connectivity index is 1.87. The molecule has 0 aliphatic heterocycles. The minimum absolute atomic E-state index is 0.0482. The summed E-state index contributed by atoms with van der Waals surface area (Å²) >= 11 is 6.26. The number of halogens is 1. The molecule has 2 amide bonds. The van der Waals surface area contributed by atoms with Gasteiger partial charge in [-0.1, -0.05) is 47.5 Å². The average molecular weight is 527 g/mol.